The Labute approximate surface area is 108 Å². The fraction of sp³-hybridized carbons (Fsp3) is 0.500. The molecule has 0 spiro atoms. The third-order valence-electron chi connectivity index (χ3n) is 2.84. The van der Waals surface area contributed by atoms with Gasteiger partial charge in [-0.25, -0.2) is 0 Å². The number of hydrogen-bond acceptors (Lipinski definition) is 2. The van der Waals surface area contributed by atoms with Gasteiger partial charge < -0.3 is 4.90 Å². The zero-order valence-corrected chi connectivity index (χ0v) is 11.7. The van der Waals surface area contributed by atoms with Gasteiger partial charge in [0.15, 0.2) is 0 Å². The molecule has 1 aromatic carbocycles. The molecular formula is C14H21NOS. The summed E-state index contributed by atoms with van der Waals surface area (Å²) in [6.45, 7) is 4.97. The third-order valence-corrected chi connectivity index (χ3v) is 3.68. The third kappa shape index (κ3) is 4.43. The number of hydrogen-bond donors (Lipinski definition) is 0. The molecule has 0 aromatic heterocycles. The molecule has 0 saturated carbocycles. The summed E-state index contributed by atoms with van der Waals surface area (Å²) in [5.41, 5.74) is 1.32. The van der Waals surface area contributed by atoms with E-state index in [0.717, 1.165) is 18.7 Å². The monoisotopic (exact) mass is 251 g/mol. The SMILES string of the molecule is CCSC(=O)N(C)CC(CC)c1ccccc1. The second-order valence-electron chi connectivity index (χ2n) is 4.10. The number of benzene rings is 1. The normalized spacial score (nSPS) is 12.2. The Morgan fingerprint density at radius 2 is 1.94 bits per heavy atom. The summed E-state index contributed by atoms with van der Waals surface area (Å²) in [4.78, 5) is 13.5. The molecule has 0 saturated heterocycles. The van der Waals surface area contributed by atoms with Gasteiger partial charge in [-0.15, -0.1) is 0 Å². The van der Waals surface area contributed by atoms with Crippen LogP contribution in [0.4, 0.5) is 4.79 Å². The molecule has 0 aliphatic carbocycles. The molecule has 0 aliphatic heterocycles. The number of amides is 1. The average molecular weight is 251 g/mol. The molecular weight excluding hydrogens is 230 g/mol. The summed E-state index contributed by atoms with van der Waals surface area (Å²) < 4.78 is 0. The Balaban J connectivity index is 2.61. The van der Waals surface area contributed by atoms with Crippen LogP contribution in [0, 0.1) is 0 Å². The van der Waals surface area contributed by atoms with E-state index in [1.54, 1.807) is 0 Å². The fourth-order valence-corrected chi connectivity index (χ4v) is 2.38. The van der Waals surface area contributed by atoms with Gasteiger partial charge in [0.25, 0.3) is 5.24 Å². The van der Waals surface area contributed by atoms with Crippen LogP contribution in [0.25, 0.3) is 0 Å². The number of rotatable bonds is 5. The number of carbonyl (C=O) groups excluding carboxylic acids is 1. The van der Waals surface area contributed by atoms with Gasteiger partial charge in [-0.2, -0.15) is 0 Å². The molecule has 1 atom stereocenters. The number of carbonyl (C=O) groups is 1. The van der Waals surface area contributed by atoms with E-state index in [9.17, 15) is 4.79 Å². The maximum Gasteiger partial charge on any atom is 0.281 e. The van der Waals surface area contributed by atoms with Gasteiger partial charge in [-0.1, -0.05) is 55.9 Å². The predicted octanol–water partition coefficient (Wildman–Crippen LogP) is 3.99. The second kappa shape index (κ2) is 7.38. The second-order valence-corrected chi connectivity index (χ2v) is 5.31. The molecule has 1 rings (SSSR count). The lowest BCUT2D eigenvalue weighted by Crippen LogP contribution is -2.28. The fourth-order valence-electron chi connectivity index (χ4n) is 1.83. The minimum atomic E-state index is 0.168. The van der Waals surface area contributed by atoms with Crippen molar-refractivity contribution in [3.8, 4) is 0 Å². The highest BCUT2D eigenvalue weighted by atomic mass is 32.2. The van der Waals surface area contributed by atoms with Crippen molar-refractivity contribution in [1.29, 1.82) is 0 Å². The standard InChI is InChI=1S/C14H21NOS/c1-4-12(13-9-7-6-8-10-13)11-15(3)14(16)17-5-2/h6-10,12H,4-5,11H2,1-3H3. The van der Waals surface area contributed by atoms with Crippen LogP contribution in [0.5, 0.6) is 0 Å². The van der Waals surface area contributed by atoms with E-state index >= 15 is 0 Å². The molecule has 1 amide bonds. The number of likely N-dealkylation sites (N-methyl/N-ethyl adjacent to an activating group) is 1. The van der Waals surface area contributed by atoms with Crippen molar-refractivity contribution >= 4 is 17.0 Å². The molecule has 94 valence electrons. The average Bonchev–Trinajstić information content (AvgIpc) is 2.37. The van der Waals surface area contributed by atoms with Crippen molar-refractivity contribution in [3.05, 3.63) is 35.9 Å². The first kappa shape index (κ1) is 14.1. The van der Waals surface area contributed by atoms with Gasteiger partial charge in [0.05, 0.1) is 0 Å². The van der Waals surface area contributed by atoms with Gasteiger partial charge in [0, 0.05) is 19.5 Å². The Morgan fingerprint density at radius 3 is 2.47 bits per heavy atom. The first-order valence-corrected chi connectivity index (χ1v) is 7.10. The molecule has 2 nitrogen and oxygen atoms in total. The van der Waals surface area contributed by atoms with E-state index in [2.05, 4.69) is 31.2 Å². The quantitative estimate of drug-likeness (QED) is 0.788. The first-order valence-electron chi connectivity index (χ1n) is 6.11. The summed E-state index contributed by atoms with van der Waals surface area (Å²) in [5.74, 6) is 1.27. The van der Waals surface area contributed by atoms with Crippen molar-refractivity contribution < 1.29 is 4.79 Å². The molecule has 0 radical (unpaired) electrons. The lowest BCUT2D eigenvalue weighted by Gasteiger charge is -2.23. The summed E-state index contributed by atoms with van der Waals surface area (Å²) in [5, 5.41) is 0.168. The summed E-state index contributed by atoms with van der Waals surface area (Å²) in [7, 11) is 1.89. The van der Waals surface area contributed by atoms with Crippen LogP contribution in [0.15, 0.2) is 30.3 Å². The highest BCUT2D eigenvalue weighted by Crippen LogP contribution is 2.21. The predicted molar refractivity (Wildman–Crippen MR) is 75.6 cm³/mol. The summed E-state index contributed by atoms with van der Waals surface area (Å²) in [6, 6.07) is 10.4. The molecule has 0 N–H and O–H groups in total. The van der Waals surface area contributed by atoms with Crippen LogP contribution < -0.4 is 0 Å². The Kier molecular flexibility index (Phi) is 6.12. The molecule has 1 unspecified atom stereocenters. The summed E-state index contributed by atoms with van der Waals surface area (Å²) >= 11 is 1.37. The van der Waals surface area contributed by atoms with Crippen LogP contribution in [0.3, 0.4) is 0 Å². The van der Waals surface area contributed by atoms with Crippen molar-refractivity contribution in [2.75, 3.05) is 19.3 Å². The van der Waals surface area contributed by atoms with Gasteiger partial charge in [-0.3, -0.25) is 4.79 Å². The highest BCUT2D eigenvalue weighted by Gasteiger charge is 2.15. The number of thioether (sulfide) groups is 1. The maximum atomic E-state index is 11.7. The lowest BCUT2D eigenvalue weighted by molar-refractivity contribution is 0.230. The van der Waals surface area contributed by atoms with Gasteiger partial charge >= 0.3 is 0 Å². The highest BCUT2D eigenvalue weighted by molar-refractivity contribution is 8.13. The van der Waals surface area contributed by atoms with E-state index in [1.165, 1.54) is 17.3 Å². The maximum absolute atomic E-state index is 11.7. The topological polar surface area (TPSA) is 20.3 Å². The van der Waals surface area contributed by atoms with E-state index in [4.69, 9.17) is 0 Å². The Hall–Kier alpha value is -0.960. The van der Waals surface area contributed by atoms with E-state index in [1.807, 2.05) is 24.9 Å². The van der Waals surface area contributed by atoms with Crippen LogP contribution in [-0.2, 0) is 0 Å². The van der Waals surface area contributed by atoms with Crippen molar-refractivity contribution in [3.63, 3.8) is 0 Å². The van der Waals surface area contributed by atoms with Crippen molar-refractivity contribution in [1.82, 2.24) is 4.90 Å². The number of nitrogens with zero attached hydrogens (tertiary/aromatic N) is 1. The van der Waals surface area contributed by atoms with Crippen molar-refractivity contribution in [2.45, 2.75) is 26.2 Å². The van der Waals surface area contributed by atoms with Gasteiger partial charge in [0.2, 0.25) is 0 Å². The van der Waals surface area contributed by atoms with Crippen LogP contribution >= 0.6 is 11.8 Å². The zero-order valence-electron chi connectivity index (χ0n) is 10.8. The van der Waals surface area contributed by atoms with E-state index in [0.29, 0.717) is 5.92 Å². The van der Waals surface area contributed by atoms with Crippen LogP contribution in [0.1, 0.15) is 31.7 Å². The minimum Gasteiger partial charge on any atom is -0.336 e. The van der Waals surface area contributed by atoms with Crippen molar-refractivity contribution in [2.24, 2.45) is 0 Å². The van der Waals surface area contributed by atoms with Crippen LogP contribution in [-0.4, -0.2) is 29.5 Å². The van der Waals surface area contributed by atoms with Gasteiger partial charge in [-0.05, 0) is 17.7 Å². The minimum absolute atomic E-state index is 0.168. The van der Waals surface area contributed by atoms with Crippen LogP contribution in [0.2, 0.25) is 0 Å². The molecule has 3 heteroatoms. The molecule has 0 aliphatic rings. The zero-order chi connectivity index (χ0) is 12.7. The Morgan fingerprint density at radius 1 is 1.29 bits per heavy atom. The Bertz CT molecular complexity index is 339. The molecule has 0 fully saturated rings. The largest absolute Gasteiger partial charge is 0.336 e. The molecule has 0 heterocycles. The lowest BCUT2D eigenvalue weighted by atomic mass is 9.96. The summed E-state index contributed by atoms with van der Waals surface area (Å²) in [6.07, 6.45) is 1.05. The smallest absolute Gasteiger partial charge is 0.281 e. The van der Waals surface area contributed by atoms with E-state index < -0.39 is 0 Å². The van der Waals surface area contributed by atoms with Gasteiger partial charge in [0.1, 0.15) is 0 Å². The molecule has 1 aromatic rings. The molecule has 17 heavy (non-hydrogen) atoms. The molecule has 0 bridgehead atoms. The van der Waals surface area contributed by atoms with E-state index in [-0.39, 0.29) is 5.24 Å². The first-order chi connectivity index (χ1) is 8.19.